The summed E-state index contributed by atoms with van der Waals surface area (Å²) in [5.74, 6) is -7.41. The van der Waals surface area contributed by atoms with E-state index in [1.165, 1.54) is 6.42 Å². The highest BCUT2D eigenvalue weighted by Crippen LogP contribution is 2.46. The molecule has 1 N–H and O–H groups in total. The van der Waals surface area contributed by atoms with Crippen LogP contribution in [-0.4, -0.2) is 21.4 Å². The average molecular weight is 615 g/mol. The van der Waals surface area contributed by atoms with Crippen molar-refractivity contribution in [2.45, 2.75) is 124 Å². The molecule has 0 atom stereocenters. The van der Waals surface area contributed by atoms with Crippen LogP contribution in [0.15, 0.2) is 28.0 Å². The Morgan fingerprint density at radius 3 is 1.51 bits per heavy atom. The fourth-order valence-electron chi connectivity index (χ4n) is 7.06. The molecular formula is C30H37F3O6S2. The molecule has 0 bridgehead atoms. The first-order valence-corrected chi connectivity index (χ1v) is 17.6. The number of halogens is 3. The van der Waals surface area contributed by atoms with Gasteiger partial charge < -0.3 is 4.18 Å². The first kappa shape index (κ1) is 30.4. The summed E-state index contributed by atoms with van der Waals surface area (Å²) in [4.78, 5) is -1.73. The Bertz CT molecular complexity index is 1450. The minimum atomic E-state index is -5.31. The molecule has 2 aromatic carbocycles. The molecule has 41 heavy (non-hydrogen) atoms. The smallest absolute Gasteiger partial charge is 0.339 e. The van der Waals surface area contributed by atoms with Crippen molar-refractivity contribution >= 4 is 20.2 Å². The SMILES string of the molecule is O=S(=O)(O)c1cc(F)c(OS(=O)(=O)c2c(C3CCCCC3)cc(C3CCCCC3)cc2C2CCCCC2)c(F)c1F. The molecule has 6 nitrogen and oxygen atoms in total. The highest BCUT2D eigenvalue weighted by molar-refractivity contribution is 7.87. The second kappa shape index (κ2) is 12.2. The van der Waals surface area contributed by atoms with E-state index in [-0.39, 0.29) is 22.8 Å². The lowest BCUT2D eigenvalue weighted by atomic mass is 9.76. The molecule has 11 heteroatoms. The molecule has 226 valence electrons. The van der Waals surface area contributed by atoms with Gasteiger partial charge >= 0.3 is 10.1 Å². The predicted octanol–water partition coefficient (Wildman–Crippen LogP) is 8.26. The van der Waals surface area contributed by atoms with Crippen molar-refractivity contribution in [3.8, 4) is 5.75 Å². The van der Waals surface area contributed by atoms with Gasteiger partial charge in [-0.25, -0.2) is 8.78 Å². The van der Waals surface area contributed by atoms with E-state index in [9.17, 15) is 30.0 Å². The molecule has 3 aliphatic rings. The van der Waals surface area contributed by atoms with Crippen LogP contribution in [0.3, 0.4) is 0 Å². The van der Waals surface area contributed by atoms with Crippen LogP contribution in [0.4, 0.5) is 13.2 Å². The molecule has 0 radical (unpaired) electrons. The summed E-state index contributed by atoms with van der Waals surface area (Å²) in [5, 5.41) is 0. The van der Waals surface area contributed by atoms with Crippen molar-refractivity contribution in [3.05, 3.63) is 52.3 Å². The first-order chi connectivity index (χ1) is 19.5. The van der Waals surface area contributed by atoms with Gasteiger partial charge in [-0.05, 0) is 73.0 Å². The summed E-state index contributed by atoms with van der Waals surface area (Å²) in [6.07, 6.45) is 14.4. The number of hydrogen-bond acceptors (Lipinski definition) is 5. The van der Waals surface area contributed by atoms with E-state index >= 15 is 0 Å². The topological polar surface area (TPSA) is 97.7 Å². The van der Waals surface area contributed by atoms with Crippen molar-refractivity contribution in [2.75, 3.05) is 0 Å². The van der Waals surface area contributed by atoms with Crippen molar-refractivity contribution in [1.29, 1.82) is 0 Å². The molecule has 2 aromatic rings. The van der Waals surface area contributed by atoms with Crippen LogP contribution in [0.5, 0.6) is 5.75 Å². The lowest BCUT2D eigenvalue weighted by Crippen LogP contribution is -2.22. The van der Waals surface area contributed by atoms with Gasteiger partial charge in [0.1, 0.15) is 9.79 Å². The standard InChI is InChI=1S/C30H37F3O6S2/c31-25-18-26(40(34,35)36)27(32)28(33)29(25)39-41(37,38)30-23(20-12-6-2-7-13-20)16-22(19-10-4-1-5-11-19)17-24(30)21-14-8-3-9-15-21/h16-21H,1-15H2,(H,34,35,36). The quantitative estimate of drug-likeness (QED) is 0.192. The first-order valence-electron chi connectivity index (χ1n) is 14.7. The molecule has 0 aromatic heterocycles. The molecule has 0 saturated heterocycles. The van der Waals surface area contributed by atoms with Crippen LogP contribution < -0.4 is 4.18 Å². The van der Waals surface area contributed by atoms with Crippen LogP contribution in [0.2, 0.25) is 0 Å². The van der Waals surface area contributed by atoms with E-state index in [4.69, 9.17) is 8.74 Å². The van der Waals surface area contributed by atoms with E-state index in [0.29, 0.717) is 17.0 Å². The summed E-state index contributed by atoms with van der Waals surface area (Å²) in [7, 11) is -10.2. The summed E-state index contributed by atoms with van der Waals surface area (Å²) in [5.41, 5.74) is 2.30. The van der Waals surface area contributed by atoms with Gasteiger partial charge in [0.05, 0.1) is 0 Å². The Balaban J connectivity index is 1.68. The van der Waals surface area contributed by atoms with Gasteiger partial charge in [0, 0.05) is 6.07 Å². The Labute approximate surface area is 240 Å². The Morgan fingerprint density at radius 2 is 1.07 bits per heavy atom. The molecule has 3 saturated carbocycles. The van der Waals surface area contributed by atoms with Crippen LogP contribution in [0, 0.1) is 17.5 Å². The van der Waals surface area contributed by atoms with Crippen LogP contribution in [-0.2, 0) is 20.2 Å². The Morgan fingerprint density at radius 1 is 0.634 bits per heavy atom. The summed E-state index contributed by atoms with van der Waals surface area (Å²) >= 11 is 0. The van der Waals surface area contributed by atoms with Crippen molar-refractivity contribution in [1.82, 2.24) is 0 Å². The summed E-state index contributed by atoms with van der Waals surface area (Å²) < 4.78 is 110. The molecule has 0 amide bonds. The number of rotatable bonds is 7. The maximum atomic E-state index is 14.9. The predicted molar refractivity (Wildman–Crippen MR) is 148 cm³/mol. The molecule has 0 spiro atoms. The second-order valence-electron chi connectivity index (χ2n) is 11.9. The van der Waals surface area contributed by atoms with E-state index in [1.807, 2.05) is 12.1 Å². The van der Waals surface area contributed by atoms with E-state index in [2.05, 4.69) is 0 Å². The molecule has 0 heterocycles. The fourth-order valence-corrected chi connectivity index (χ4v) is 9.12. The van der Waals surface area contributed by atoms with Gasteiger partial charge in [0.2, 0.25) is 11.6 Å². The highest BCUT2D eigenvalue weighted by atomic mass is 32.2. The average Bonchev–Trinajstić information content (AvgIpc) is 2.97. The molecule has 0 aliphatic heterocycles. The summed E-state index contributed by atoms with van der Waals surface area (Å²) in [6, 6.07) is 3.95. The normalized spacial score (nSPS) is 20.3. The van der Waals surface area contributed by atoms with E-state index < -0.39 is 48.3 Å². The van der Waals surface area contributed by atoms with Gasteiger partial charge in [-0.15, -0.1) is 0 Å². The van der Waals surface area contributed by atoms with Crippen LogP contribution >= 0.6 is 0 Å². The number of benzene rings is 2. The van der Waals surface area contributed by atoms with Gasteiger partial charge in [-0.1, -0.05) is 69.9 Å². The largest absolute Gasteiger partial charge is 0.372 e. The van der Waals surface area contributed by atoms with Gasteiger partial charge in [0.15, 0.2) is 11.6 Å². The fraction of sp³-hybridized carbons (Fsp3) is 0.600. The third kappa shape index (κ3) is 6.46. The van der Waals surface area contributed by atoms with Crippen LogP contribution in [0.25, 0.3) is 0 Å². The zero-order chi connectivity index (χ0) is 29.4. The zero-order valence-electron chi connectivity index (χ0n) is 23.0. The minimum Gasteiger partial charge on any atom is -0.372 e. The minimum absolute atomic E-state index is 0.0227. The Kier molecular flexibility index (Phi) is 9.07. The monoisotopic (exact) mass is 614 g/mol. The molecule has 3 fully saturated rings. The van der Waals surface area contributed by atoms with Crippen LogP contribution in [0.1, 0.15) is 131 Å². The van der Waals surface area contributed by atoms with Gasteiger partial charge in [0.25, 0.3) is 10.1 Å². The van der Waals surface area contributed by atoms with Gasteiger partial charge in [-0.3, -0.25) is 4.55 Å². The van der Waals surface area contributed by atoms with Crippen molar-refractivity contribution in [2.24, 2.45) is 0 Å². The molecule has 3 aliphatic carbocycles. The Hall–Kier alpha value is -2.11. The lowest BCUT2D eigenvalue weighted by Gasteiger charge is -2.32. The van der Waals surface area contributed by atoms with Gasteiger partial charge in [-0.2, -0.15) is 21.2 Å². The van der Waals surface area contributed by atoms with Crippen molar-refractivity contribution in [3.63, 3.8) is 0 Å². The van der Waals surface area contributed by atoms with E-state index in [1.54, 1.807) is 0 Å². The maximum Gasteiger partial charge on any atom is 0.339 e. The highest BCUT2D eigenvalue weighted by Gasteiger charge is 2.36. The molecule has 5 rings (SSSR count). The zero-order valence-corrected chi connectivity index (χ0v) is 24.6. The third-order valence-electron chi connectivity index (χ3n) is 9.14. The lowest BCUT2D eigenvalue weighted by molar-refractivity contribution is 0.392. The molecular weight excluding hydrogens is 577 g/mol. The maximum absolute atomic E-state index is 14.9. The second-order valence-corrected chi connectivity index (χ2v) is 14.7. The molecule has 0 unspecified atom stereocenters. The summed E-state index contributed by atoms with van der Waals surface area (Å²) in [6.45, 7) is 0. The van der Waals surface area contributed by atoms with E-state index in [0.717, 1.165) is 95.5 Å². The van der Waals surface area contributed by atoms with Crippen molar-refractivity contribution < 1.29 is 38.7 Å². The third-order valence-corrected chi connectivity index (χ3v) is 11.3. The number of hydrogen-bond donors (Lipinski definition) is 1.